The molecule has 3 aromatic rings. The van der Waals surface area contributed by atoms with E-state index >= 15 is 0 Å². The molecule has 0 radical (unpaired) electrons. The van der Waals surface area contributed by atoms with Crippen LogP contribution in [0.4, 0.5) is 4.39 Å². The van der Waals surface area contributed by atoms with Gasteiger partial charge in [-0.3, -0.25) is 0 Å². The summed E-state index contributed by atoms with van der Waals surface area (Å²) in [7, 11) is 0. The molecule has 0 amide bonds. The maximum Gasteiger partial charge on any atom is 0.224 e. The number of rotatable bonds is 2. The van der Waals surface area contributed by atoms with E-state index in [9.17, 15) is 4.39 Å². The minimum absolute atomic E-state index is 0.0202. The van der Waals surface area contributed by atoms with Crippen molar-refractivity contribution in [3.63, 3.8) is 0 Å². The third kappa shape index (κ3) is 2.32. The Morgan fingerprint density at radius 2 is 1.84 bits per heavy atom. The van der Waals surface area contributed by atoms with Crippen molar-refractivity contribution in [1.82, 2.24) is 19.7 Å². The molecule has 0 atom stereocenters. The summed E-state index contributed by atoms with van der Waals surface area (Å²) in [6.45, 7) is 0. The summed E-state index contributed by atoms with van der Waals surface area (Å²) in [5.41, 5.74) is 1.86. The highest BCUT2D eigenvalue weighted by molar-refractivity contribution is 6.28. The minimum Gasteiger partial charge on any atom is -0.223 e. The normalized spacial score (nSPS) is 10.6. The van der Waals surface area contributed by atoms with Crippen molar-refractivity contribution in [2.75, 3.05) is 0 Å². The zero-order valence-corrected chi connectivity index (χ0v) is 10.4. The van der Waals surface area contributed by atoms with Crippen molar-refractivity contribution in [3.05, 3.63) is 60.0 Å². The van der Waals surface area contributed by atoms with Gasteiger partial charge in [0.2, 0.25) is 5.28 Å². The van der Waals surface area contributed by atoms with E-state index in [2.05, 4.69) is 15.1 Å². The van der Waals surface area contributed by atoms with Crippen LogP contribution in [0.25, 0.3) is 16.9 Å². The molecule has 2 heterocycles. The third-order valence-electron chi connectivity index (χ3n) is 2.60. The maximum absolute atomic E-state index is 13.6. The van der Waals surface area contributed by atoms with Crippen LogP contribution >= 0.6 is 11.6 Å². The van der Waals surface area contributed by atoms with E-state index < -0.39 is 5.82 Å². The molecule has 3 rings (SSSR count). The fraction of sp³-hybridized carbons (Fsp3) is 0. The molecule has 0 saturated carbocycles. The highest BCUT2D eigenvalue weighted by atomic mass is 35.5. The van der Waals surface area contributed by atoms with Gasteiger partial charge >= 0.3 is 0 Å². The molecular formula is C13H8ClFN4. The van der Waals surface area contributed by atoms with Crippen molar-refractivity contribution in [1.29, 1.82) is 0 Å². The zero-order chi connectivity index (χ0) is 13.2. The van der Waals surface area contributed by atoms with Gasteiger partial charge in [0, 0.05) is 11.8 Å². The topological polar surface area (TPSA) is 43.6 Å². The van der Waals surface area contributed by atoms with E-state index in [1.54, 1.807) is 12.4 Å². The van der Waals surface area contributed by atoms with Crippen molar-refractivity contribution >= 4 is 11.6 Å². The van der Waals surface area contributed by atoms with Crippen LogP contribution in [0.1, 0.15) is 0 Å². The second-order valence-corrected chi connectivity index (χ2v) is 4.19. The second kappa shape index (κ2) is 4.78. The summed E-state index contributed by atoms with van der Waals surface area (Å²) in [6, 6.07) is 9.68. The minimum atomic E-state index is -0.577. The fourth-order valence-electron chi connectivity index (χ4n) is 1.72. The van der Waals surface area contributed by atoms with E-state index in [-0.39, 0.29) is 11.1 Å². The highest BCUT2D eigenvalue weighted by Crippen LogP contribution is 2.20. The Labute approximate surface area is 113 Å². The average Bonchev–Trinajstić information content (AvgIpc) is 2.92. The zero-order valence-electron chi connectivity index (χ0n) is 9.66. The van der Waals surface area contributed by atoms with E-state index in [1.165, 1.54) is 4.68 Å². The first-order valence-corrected chi connectivity index (χ1v) is 5.90. The first-order valence-electron chi connectivity index (χ1n) is 5.52. The van der Waals surface area contributed by atoms with Gasteiger partial charge in [-0.15, -0.1) is 0 Å². The second-order valence-electron chi connectivity index (χ2n) is 3.85. The van der Waals surface area contributed by atoms with Gasteiger partial charge in [-0.25, -0.2) is 14.1 Å². The monoisotopic (exact) mass is 274 g/mol. The summed E-state index contributed by atoms with van der Waals surface area (Å²) in [4.78, 5) is 7.40. The third-order valence-corrected chi connectivity index (χ3v) is 2.79. The van der Waals surface area contributed by atoms with Gasteiger partial charge < -0.3 is 0 Å². The van der Waals surface area contributed by atoms with E-state index in [1.807, 2.05) is 30.3 Å². The van der Waals surface area contributed by atoms with Crippen molar-refractivity contribution in [3.8, 4) is 16.9 Å². The fourth-order valence-corrected chi connectivity index (χ4v) is 1.85. The number of hydrogen-bond acceptors (Lipinski definition) is 3. The standard InChI is InChI=1S/C13H8ClFN4/c14-13-16-7-11(15)12(18-13)19-8-10(6-17-19)9-4-2-1-3-5-9/h1-8H. The predicted octanol–water partition coefficient (Wildman–Crippen LogP) is 3.12. The first kappa shape index (κ1) is 11.8. The molecule has 0 fully saturated rings. The molecule has 0 unspecified atom stereocenters. The van der Waals surface area contributed by atoms with E-state index in [4.69, 9.17) is 11.6 Å². The molecule has 0 aliphatic carbocycles. The lowest BCUT2D eigenvalue weighted by Crippen LogP contribution is -2.02. The van der Waals surface area contributed by atoms with Gasteiger partial charge in [-0.1, -0.05) is 30.3 Å². The Hall–Kier alpha value is -2.27. The number of benzene rings is 1. The molecule has 2 aromatic heterocycles. The first-order chi connectivity index (χ1) is 9.24. The number of aromatic nitrogens is 4. The van der Waals surface area contributed by atoms with Gasteiger partial charge in [0.1, 0.15) is 0 Å². The van der Waals surface area contributed by atoms with Crippen LogP contribution in [0.3, 0.4) is 0 Å². The lowest BCUT2D eigenvalue weighted by atomic mass is 10.1. The molecule has 0 N–H and O–H groups in total. The van der Waals surface area contributed by atoms with Crippen molar-refractivity contribution < 1.29 is 4.39 Å². The van der Waals surface area contributed by atoms with Gasteiger partial charge in [0.15, 0.2) is 11.6 Å². The van der Waals surface area contributed by atoms with Gasteiger partial charge in [0.05, 0.1) is 12.4 Å². The molecule has 0 aliphatic heterocycles. The molecule has 0 bridgehead atoms. The van der Waals surface area contributed by atoms with Crippen LogP contribution in [0.15, 0.2) is 48.9 Å². The maximum atomic E-state index is 13.6. The van der Waals surface area contributed by atoms with Crippen LogP contribution < -0.4 is 0 Å². The molecular weight excluding hydrogens is 267 g/mol. The smallest absolute Gasteiger partial charge is 0.223 e. The predicted molar refractivity (Wildman–Crippen MR) is 69.6 cm³/mol. The molecule has 0 aliphatic rings. The molecule has 0 spiro atoms. The number of hydrogen-bond donors (Lipinski definition) is 0. The van der Waals surface area contributed by atoms with Crippen LogP contribution in [0.2, 0.25) is 5.28 Å². The Kier molecular flexibility index (Phi) is 2.97. The molecule has 94 valence electrons. The molecule has 19 heavy (non-hydrogen) atoms. The summed E-state index contributed by atoms with van der Waals surface area (Å²) in [6.07, 6.45) is 4.36. The van der Waals surface area contributed by atoms with Crippen molar-refractivity contribution in [2.45, 2.75) is 0 Å². The van der Waals surface area contributed by atoms with E-state index in [0.29, 0.717) is 0 Å². The molecule has 1 aromatic carbocycles. The SMILES string of the molecule is Fc1cnc(Cl)nc1-n1cc(-c2ccccc2)cn1. The summed E-state index contributed by atoms with van der Waals surface area (Å²) >= 11 is 5.66. The van der Waals surface area contributed by atoms with Crippen LogP contribution in [-0.4, -0.2) is 19.7 Å². The van der Waals surface area contributed by atoms with Gasteiger partial charge in [-0.05, 0) is 17.2 Å². The number of nitrogens with zero attached hydrogens (tertiary/aromatic N) is 4. The summed E-state index contributed by atoms with van der Waals surface area (Å²) in [5.74, 6) is -0.547. The van der Waals surface area contributed by atoms with Crippen LogP contribution in [-0.2, 0) is 0 Å². The molecule has 0 saturated heterocycles. The Morgan fingerprint density at radius 3 is 2.63 bits per heavy atom. The van der Waals surface area contributed by atoms with Crippen LogP contribution in [0.5, 0.6) is 0 Å². The highest BCUT2D eigenvalue weighted by Gasteiger charge is 2.10. The lowest BCUT2D eigenvalue weighted by molar-refractivity contribution is 0.593. The van der Waals surface area contributed by atoms with Crippen LogP contribution in [0, 0.1) is 5.82 Å². The van der Waals surface area contributed by atoms with Crippen molar-refractivity contribution in [2.24, 2.45) is 0 Å². The lowest BCUT2D eigenvalue weighted by Gasteiger charge is -2.01. The average molecular weight is 275 g/mol. The molecule has 6 heteroatoms. The summed E-state index contributed by atoms with van der Waals surface area (Å²) < 4.78 is 15.0. The van der Waals surface area contributed by atoms with Gasteiger partial charge in [0.25, 0.3) is 0 Å². The number of halogens is 2. The summed E-state index contributed by atoms with van der Waals surface area (Å²) in [5, 5.41) is 4.07. The van der Waals surface area contributed by atoms with E-state index in [0.717, 1.165) is 17.3 Å². The molecule has 4 nitrogen and oxygen atoms in total. The quantitative estimate of drug-likeness (QED) is 0.675. The van der Waals surface area contributed by atoms with Gasteiger partial charge in [-0.2, -0.15) is 10.1 Å². The Bertz CT molecular complexity index is 712. The Morgan fingerprint density at radius 1 is 1.05 bits per heavy atom. The largest absolute Gasteiger partial charge is 0.224 e. The Balaban J connectivity index is 2.04.